The Hall–Kier alpha value is -1.10. The Bertz CT molecular complexity index is 413. The summed E-state index contributed by atoms with van der Waals surface area (Å²) >= 11 is 1.52. The van der Waals surface area contributed by atoms with E-state index in [4.69, 9.17) is 4.74 Å². The summed E-state index contributed by atoms with van der Waals surface area (Å²) in [4.78, 5) is 18.9. The molecule has 0 radical (unpaired) electrons. The van der Waals surface area contributed by atoms with Crippen LogP contribution in [0.5, 0.6) is 0 Å². The maximum atomic E-state index is 11.5. The molecule has 0 unspecified atom stereocenters. The summed E-state index contributed by atoms with van der Waals surface area (Å²) in [6.07, 6.45) is 1.01. The third kappa shape index (κ3) is 2.77. The van der Waals surface area contributed by atoms with Crippen LogP contribution in [0.15, 0.2) is 0 Å². The second kappa shape index (κ2) is 5.04. The molecule has 0 aliphatic heterocycles. The molecule has 0 atom stereocenters. The summed E-state index contributed by atoms with van der Waals surface area (Å²) in [6, 6.07) is 0. The number of nitrogens with zero attached hydrogens (tertiary/aromatic N) is 2. The van der Waals surface area contributed by atoms with Crippen molar-refractivity contribution in [2.24, 2.45) is 0 Å². The monoisotopic (exact) mass is 256 g/mol. The fourth-order valence-electron chi connectivity index (χ4n) is 1.31. The lowest BCUT2D eigenvalue weighted by Crippen LogP contribution is -2.40. The van der Waals surface area contributed by atoms with Crippen LogP contribution >= 0.6 is 11.3 Å². The lowest BCUT2D eigenvalue weighted by Gasteiger charge is -2.34. The molecule has 96 valence electrons. The van der Waals surface area contributed by atoms with Crippen LogP contribution in [0.4, 0.5) is 5.13 Å². The van der Waals surface area contributed by atoms with Gasteiger partial charge in [0.05, 0.1) is 7.11 Å². The lowest BCUT2D eigenvalue weighted by molar-refractivity contribution is 0.0594. The van der Waals surface area contributed by atoms with Crippen LogP contribution in [0, 0.1) is 6.92 Å². The fraction of sp³-hybridized carbons (Fsp3) is 0.667. The molecular weight excluding hydrogens is 236 g/mol. The number of ether oxygens (including phenoxy) is 1. The minimum atomic E-state index is -0.368. The highest BCUT2D eigenvalue weighted by atomic mass is 32.1. The topological polar surface area (TPSA) is 42.4 Å². The van der Waals surface area contributed by atoms with Crippen molar-refractivity contribution in [1.82, 2.24) is 4.98 Å². The van der Waals surface area contributed by atoms with Gasteiger partial charge < -0.3 is 9.64 Å². The van der Waals surface area contributed by atoms with Crippen molar-refractivity contribution in [3.8, 4) is 0 Å². The van der Waals surface area contributed by atoms with E-state index >= 15 is 0 Å². The Morgan fingerprint density at radius 1 is 1.53 bits per heavy atom. The van der Waals surface area contributed by atoms with Crippen LogP contribution in [0.1, 0.15) is 42.6 Å². The molecule has 1 aromatic heterocycles. The van der Waals surface area contributed by atoms with Crippen molar-refractivity contribution in [3.05, 3.63) is 10.6 Å². The Morgan fingerprint density at radius 3 is 2.59 bits per heavy atom. The molecule has 0 aliphatic carbocycles. The third-order valence-electron chi connectivity index (χ3n) is 3.22. The van der Waals surface area contributed by atoms with E-state index in [0.717, 1.165) is 16.4 Å². The summed E-state index contributed by atoms with van der Waals surface area (Å²) in [5.41, 5.74) is 0.448. The van der Waals surface area contributed by atoms with Gasteiger partial charge in [0.25, 0.3) is 0 Å². The Kier molecular flexibility index (Phi) is 4.14. The van der Waals surface area contributed by atoms with E-state index in [1.807, 2.05) is 14.0 Å². The van der Waals surface area contributed by atoms with Crippen molar-refractivity contribution in [2.45, 2.75) is 39.7 Å². The first-order chi connectivity index (χ1) is 7.83. The van der Waals surface area contributed by atoms with E-state index < -0.39 is 0 Å². The molecular formula is C12H20N2O2S. The zero-order chi connectivity index (χ0) is 13.2. The van der Waals surface area contributed by atoms with Crippen molar-refractivity contribution < 1.29 is 9.53 Å². The molecule has 0 saturated heterocycles. The van der Waals surface area contributed by atoms with E-state index in [1.165, 1.54) is 18.4 Å². The summed E-state index contributed by atoms with van der Waals surface area (Å²) in [5.74, 6) is -0.368. The fourth-order valence-corrected chi connectivity index (χ4v) is 2.33. The van der Waals surface area contributed by atoms with E-state index in [1.54, 1.807) is 0 Å². The SMILES string of the molecule is CCC(C)(C)N(C)c1nc(C(=O)OC)c(C)s1. The summed E-state index contributed by atoms with van der Waals surface area (Å²) in [5, 5.41) is 0.856. The minimum absolute atomic E-state index is 0.0255. The van der Waals surface area contributed by atoms with E-state index in [9.17, 15) is 4.79 Å². The number of anilines is 1. The van der Waals surface area contributed by atoms with Gasteiger partial charge in [-0.2, -0.15) is 0 Å². The van der Waals surface area contributed by atoms with Crippen molar-refractivity contribution in [3.63, 3.8) is 0 Å². The second-order valence-corrected chi connectivity index (χ2v) is 5.80. The van der Waals surface area contributed by atoms with Crippen LogP contribution in [0.25, 0.3) is 0 Å². The molecule has 1 heterocycles. The standard InChI is InChI=1S/C12H20N2O2S/c1-7-12(3,4)14(5)11-13-9(8(2)17-11)10(15)16-6/h7H2,1-6H3. The van der Waals surface area contributed by atoms with Gasteiger partial charge in [-0.1, -0.05) is 6.92 Å². The average molecular weight is 256 g/mol. The number of hydrogen-bond acceptors (Lipinski definition) is 5. The molecule has 0 spiro atoms. The number of hydrogen-bond donors (Lipinski definition) is 0. The number of aryl methyl sites for hydroxylation is 1. The molecule has 0 N–H and O–H groups in total. The Morgan fingerprint density at radius 2 is 2.12 bits per heavy atom. The van der Waals surface area contributed by atoms with Crippen LogP contribution < -0.4 is 4.90 Å². The van der Waals surface area contributed by atoms with Crippen LogP contribution in [0.3, 0.4) is 0 Å². The first kappa shape index (κ1) is 14.0. The number of carbonyl (C=O) groups is 1. The van der Waals surface area contributed by atoms with Crippen molar-refractivity contribution in [1.29, 1.82) is 0 Å². The molecule has 1 rings (SSSR count). The first-order valence-electron chi connectivity index (χ1n) is 5.63. The molecule has 0 aromatic carbocycles. The van der Waals surface area contributed by atoms with Gasteiger partial charge >= 0.3 is 5.97 Å². The van der Waals surface area contributed by atoms with Gasteiger partial charge in [-0.15, -0.1) is 11.3 Å². The second-order valence-electron chi connectivity index (χ2n) is 4.62. The number of methoxy groups -OCH3 is 1. The predicted molar refractivity (Wildman–Crippen MR) is 71.0 cm³/mol. The van der Waals surface area contributed by atoms with Gasteiger partial charge in [0.15, 0.2) is 10.8 Å². The molecule has 4 nitrogen and oxygen atoms in total. The highest BCUT2D eigenvalue weighted by Crippen LogP contribution is 2.30. The molecule has 5 heteroatoms. The quantitative estimate of drug-likeness (QED) is 0.777. The summed E-state index contributed by atoms with van der Waals surface area (Å²) < 4.78 is 4.71. The maximum absolute atomic E-state index is 11.5. The number of aromatic nitrogens is 1. The Labute approximate surface area is 107 Å². The van der Waals surface area contributed by atoms with Gasteiger partial charge in [0, 0.05) is 17.5 Å². The molecule has 0 fully saturated rings. The van der Waals surface area contributed by atoms with Crippen LogP contribution in [0.2, 0.25) is 0 Å². The molecule has 0 aliphatic rings. The van der Waals surface area contributed by atoms with Gasteiger partial charge in [-0.3, -0.25) is 0 Å². The zero-order valence-corrected chi connectivity index (χ0v) is 12.1. The highest BCUT2D eigenvalue weighted by molar-refractivity contribution is 7.15. The highest BCUT2D eigenvalue weighted by Gasteiger charge is 2.26. The van der Waals surface area contributed by atoms with E-state index in [-0.39, 0.29) is 11.5 Å². The number of rotatable bonds is 4. The average Bonchev–Trinajstić information content (AvgIpc) is 2.69. The molecule has 0 amide bonds. The number of carbonyl (C=O) groups excluding carboxylic acids is 1. The van der Waals surface area contributed by atoms with Crippen LogP contribution in [-0.2, 0) is 4.74 Å². The maximum Gasteiger partial charge on any atom is 0.357 e. The minimum Gasteiger partial charge on any atom is -0.464 e. The lowest BCUT2D eigenvalue weighted by atomic mass is 10.0. The van der Waals surface area contributed by atoms with Gasteiger partial charge in [-0.05, 0) is 27.2 Å². The third-order valence-corrected chi connectivity index (χ3v) is 4.27. The molecule has 17 heavy (non-hydrogen) atoms. The number of esters is 1. The summed E-state index contributed by atoms with van der Waals surface area (Å²) in [6.45, 7) is 8.33. The van der Waals surface area contributed by atoms with Crippen molar-refractivity contribution >= 4 is 22.4 Å². The molecule has 1 aromatic rings. The summed E-state index contributed by atoms with van der Waals surface area (Å²) in [7, 11) is 3.38. The zero-order valence-electron chi connectivity index (χ0n) is 11.3. The smallest absolute Gasteiger partial charge is 0.357 e. The predicted octanol–water partition coefficient (Wildman–Crippen LogP) is 2.86. The first-order valence-corrected chi connectivity index (χ1v) is 6.44. The van der Waals surface area contributed by atoms with Gasteiger partial charge in [0.1, 0.15) is 0 Å². The molecule has 0 bridgehead atoms. The normalized spacial score (nSPS) is 11.4. The Balaban J connectivity index is 3.05. The largest absolute Gasteiger partial charge is 0.464 e. The van der Waals surface area contributed by atoms with E-state index in [0.29, 0.717) is 5.69 Å². The van der Waals surface area contributed by atoms with Gasteiger partial charge in [-0.25, -0.2) is 9.78 Å². The van der Waals surface area contributed by atoms with E-state index in [2.05, 4.69) is 30.7 Å². The van der Waals surface area contributed by atoms with Crippen molar-refractivity contribution in [2.75, 3.05) is 19.1 Å². The van der Waals surface area contributed by atoms with Gasteiger partial charge in [0.2, 0.25) is 0 Å². The number of thiazole rings is 1. The van der Waals surface area contributed by atoms with Crippen LogP contribution in [-0.4, -0.2) is 30.6 Å². The molecule has 0 saturated carbocycles.